The van der Waals surface area contributed by atoms with E-state index in [9.17, 15) is 4.79 Å². The van der Waals surface area contributed by atoms with Crippen molar-refractivity contribution < 1.29 is 9.21 Å². The Hall–Kier alpha value is -3.07. The average molecular weight is 317 g/mol. The molecule has 0 saturated carbocycles. The summed E-state index contributed by atoms with van der Waals surface area (Å²) >= 11 is 0. The lowest BCUT2D eigenvalue weighted by molar-refractivity contribution is 0.0989. The number of carbonyl (C=O) groups is 1. The number of anilines is 1. The van der Waals surface area contributed by atoms with E-state index in [0.29, 0.717) is 12.1 Å². The van der Waals surface area contributed by atoms with Gasteiger partial charge in [0.1, 0.15) is 5.76 Å². The maximum atomic E-state index is 12.9. The average Bonchev–Trinajstić information content (AvgIpc) is 3.13. The summed E-state index contributed by atoms with van der Waals surface area (Å²) in [4.78, 5) is 14.6. The number of hydrogen-bond acceptors (Lipinski definition) is 2. The minimum atomic E-state index is -0.0245. The minimum Gasteiger partial charge on any atom is -0.465 e. The minimum absolute atomic E-state index is 0.0245. The molecule has 0 N–H and O–H groups in total. The Morgan fingerprint density at radius 3 is 2.42 bits per heavy atom. The fraction of sp³-hybridized carbons (Fsp3) is 0.0952. The van der Waals surface area contributed by atoms with Crippen molar-refractivity contribution in [3.63, 3.8) is 0 Å². The Morgan fingerprint density at radius 1 is 1.00 bits per heavy atom. The number of rotatable bonds is 5. The van der Waals surface area contributed by atoms with Crippen LogP contribution >= 0.6 is 0 Å². The molecule has 0 aliphatic carbocycles. The van der Waals surface area contributed by atoms with Crippen LogP contribution in [-0.4, -0.2) is 12.5 Å². The predicted octanol–water partition coefficient (Wildman–Crippen LogP) is 4.95. The van der Waals surface area contributed by atoms with Crippen molar-refractivity contribution in [1.82, 2.24) is 0 Å². The molecule has 0 atom stereocenters. The number of amides is 1. The first-order chi connectivity index (χ1) is 11.7. The summed E-state index contributed by atoms with van der Waals surface area (Å²) in [7, 11) is 0. The SMILES string of the molecule is Cc1ccc(N(C/C=C/c2ccco2)C(=O)c2ccccc2)cc1. The Bertz CT molecular complexity index is 803. The van der Waals surface area contributed by atoms with Crippen molar-refractivity contribution >= 4 is 17.7 Å². The first kappa shape index (κ1) is 15.8. The summed E-state index contributed by atoms with van der Waals surface area (Å²) in [5.74, 6) is 0.745. The molecule has 120 valence electrons. The van der Waals surface area contributed by atoms with Gasteiger partial charge in [0.25, 0.3) is 5.91 Å². The molecule has 3 aromatic rings. The summed E-state index contributed by atoms with van der Waals surface area (Å²) in [6, 6.07) is 21.0. The molecule has 1 amide bonds. The molecule has 1 heterocycles. The third kappa shape index (κ3) is 3.82. The van der Waals surface area contributed by atoms with Gasteiger partial charge in [0.05, 0.1) is 6.26 Å². The number of aryl methyl sites for hydroxylation is 1. The van der Waals surface area contributed by atoms with E-state index in [4.69, 9.17) is 4.42 Å². The maximum absolute atomic E-state index is 12.9. The molecule has 0 unspecified atom stereocenters. The quantitative estimate of drug-likeness (QED) is 0.667. The van der Waals surface area contributed by atoms with E-state index >= 15 is 0 Å². The van der Waals surface area contributed by atoms with Gasteiger partial charge in [-0.2, -0.15) is 0 Å². The molecule has 24 heavy (non-hydrogen) atoms. The van der Waals surface area contributed by atoms with Crippen LogP contribution in [-0.2, 0) is 0 Å². The molecule has 0 bridgehead atoms. The van der Waals surface area contributed by atoms with Crippen LogP contribution in [0.2, 0.25) is 0 Å². The second kappa shape index (κ2) is 7.47. The van der Waals surface area contributed by atoms with Gasteiger partial charge in [-0.1, -0.05) is 42.0 Å². The molecule has 0 aliphatic heterocycles. The third-order valence-electron chi connectivity index (χ3n) is 3.72. The van der Waals surface area contributed by atoms with Crippen LogP contribution < -0.4 is 4.90 Å². The van der Waals surface area contributed by atoms with Crippen LogP contribution in [0.3, 0.4) is 0 Å². The molecule has 0 aliphatic rings. The Kier molecular flexibility index (Phi) is 4.92. The third-order valence-corrected chi connectivity index (χ3v) is 3.72. The molecular formula is C21H19NO2. The second-order valence-electron chi connectivity index (χ2n) is 5.54. The fourth-order valence-corrected chi connectivity index (χ4v) is 2.43. The second-order valence-corrected chi connectivity index (χ2v) is 5.54. The van der Waals surface area contributed by atoms with E-state index in [-0.39, 0.29) is 5.91 Å². The predicted molar refractivity (Wildman–Crippen MR) is 97.0 cm³/mol. The lowest BCUT2D eigenvalue weighted by atomic mass is 10.1. The molecule has 3 heteroatoms. The molecule has 1 aromatic heterocycles. The van der Waals surface area contributed by atoms with Crippen molar-refractivity contribution in [2.45, 2.75) is 6.92 Å². The largest absolute Gasteiger partial charge is 0.465 e. The number of hydrogen-bond donors (Lipinski definition) is 0. The maximum Gasteiger partial charge on any atom is 0.258 e. The standard InChI is InChI=1S/C21H19NO2/c1-17-11-13-19(14-12-17)22(15-5-9-20-10-6-16-24-20)21(23)18-7-3-2-4-8-18/h2-14,16H,15H2,1H3/b9-5+. The molecule has 2 aromatic carbocycles. The zero-order valence-electron chi connectivity index (χ0n) is 13.6. The lowest BCUT2D eigenvalue weighted by Crippen LogP contribution is -2.31. The first-order valence-corrected chi connectivity index (χ1v) is 7.88. The van der Waals surface area contributed by atoms with Gasteiger partial charge in [-0.05, 0) is 49.4 Å². The monoisotopic (exact) mass is 317 g/mol. The van der Waals surface area contributed by atoms with Gasteiger partial charge in [-0.15, -0.1) is 0 Å². The number of furan rings is 1. The summed E-state index contributed by atoms with van der Waals surface area (Å²) in [6.07, 6.45) is 5.44. The Balaban J connectivity index is 1.85. The van der Waals surface area contributed by atoms with Crippen LogP contribution in [0.4, 0.5) is 5.69 Å². The molecule has 0 fully saturated rings. The molecule has 3 rings (SSSR count). The van der Waals surface area contributed by atoms with Crippen molar-refractivity contribution in [2.75, 3.05) is 11.4 Å². The van der Waals surface area contributed by atoms with Crippen LogP contribution in [0, 0.1) is 6.92 Å². The lowest BCUT2D eigenvalue weighted by Gasteiger charge is -2.21. The highest BCUT2D eigenvalue weighted by Gasteiger charge is 2.16. The number of carbonyl (C=O) groups excluding carboxylic acids is 1. The first-order valence-electron chi connectivity index (χ1n) is 7.88. The summed E-state index contributed by atoms with van der Waals surface area (Å²) in [6.45, 7) is 2.50. The van der Waals surface area contributed by atoms with E-state index in [1.54, 1.807) is 11.2 Å². The van der Waals surface area contributed by atoms with E-state index < -0.39 is 0 Å². The van der Waals surface area contributed by atoms with Crippen molar-refractivity contribution in [1.29, 1.82) is 0 Å². The summed E-state index contributed by atoms with van der Waals surface area (Å²) in [5.41, 5.74) is 2.71. The van der Waals surface area contributed by atoms with Crippen LogP contribution in [0.25, 0.3) is 6.08 Å². The van der Waals surface area contributed by atoms with Gasteiger partial charge in [0.15, 0.2) is 0 Å². The van der Waals surface area contributed by atoms with Gasteiger partial charge in [0, 0.05) is 17.8 Å². The highest BCUT2D eigenvalue weighted by molar-refractivity contribution is 6.06. The number of nitrogens with zero attached hydrogens (tertiary/aromatic N) is 1. The van der Waals surface area contributed by atoms with E-state index in [2.05, 4.69) is 0 Å². The summed E-state index contributed by atoms with van der Waals surface area (Å²) < 4.78 is 5.29. The molecule has 3 nitrogen and oxygen atoms in total. The van der Waals surface area contributed by atoms with E-state index in [1.165, 1.54) is 0 Å². The van der Waals surface area contributed by atoms with Gasteiger partial charge in [-0.3, -0.25) is 4.79 Å². The zero-order valence-corrected chi connectivity index (χ0v) is 13.6. The molecule has 0 spiro atoms. The number of benzene rings is 2. The highest BCUT2D eigenvalue weighted by atomic mass is 16.3. The van der Waals surface area contributed by atoms with Crippen LogP contribution in [0.1, 0.15) is 21.7 Å². The highest BCUT2D eigenvalue weighted by Crippen LogP contribution is 2.18. The normalized spacial score (nSPS) is 10.9. The smallest absolute Gasteiger partial charge is 0.258 e. The van der Waals surface area contributed by atoms with Crippen molar-refractivity contribution in [3.05, 3.63) is 96.0 Å². The Morgan fingerprint density at radius 2 is 1.75 bits per heavy atom. The zero-order chi connectivity index (χ0) is 16.8. The molecule has 0 radical (unpaired) electrons. The Labute approximate surface area is 141 Å². The summed E-state index contributed by atoms with van der Waals surface area (Å²) in [5, 5.41) is 0. The topological polar surface area (TPSA) is 33.5 Å². The van der Waals surface area contributed by atoms with Crippen molar-refractivity contribution in [2.24, 2.45) is 0 Å². The van der Waals surface area contributed by atoms with Crippen LogP contribution in [0.5, 0.6) is 0 Å². The van der Waals surface area contributed by atoms with E-state index in [0.717, 1.165) is 17.0 Å². The molecular weight excluding hydrogens is 298 g/mol. The van der Waals surface area contributed by atoms with Gasteiger partial charge < -0.3 is 9.32 Å². The van der Waals surface area contributed by atoms with Gasteiger partial charge >= 0.3 is 0 Å². The van der Waals surface area contributed by atoms with Gasteiger partial charge in [-0.25, -0.2) is 0 Å². The van der Waals surface area contributed by atoms with E-state index in [1.807, 2.05) is 85.8 Å². The van der Waals surface area contributed by atoms with Crippen LogP contribution in [0.15, 0.2) is 83.5 Å². The fourth-order valence-electron chi connectivity index (χ4n) is 2.43. The van der Waals surface area contributed by atoms with Crippen molar-refractivity contribution in [3.8, 4) is 0 Å². The molecule has 0 saturated heterocycles. The van der Waals surface area contributed by atoms with Gasteiger partial charge in [0.2, 0.25) is 0 Å².